The van der Waals surface area contributed by atoms with Gasteiger partial charge in [-0.05, 0) is 44.5 Å². The summed E-state index contributed by atoms with van der Waals surface area (Å²) in [7, 11) is 0. The maximum atomic E-state index is 12.9. The van der Waals surface area contributed by atoms with Crippen molar-refractivity contribution in [2.45, 2.75) is 36.3 Å². The first-order chi connectivity index (χ1) is 11.5. The third kappa shape index (κ3) is 3.79. The monoisotopic (exact) mass is 342 g/mol. The number of nitrogens with zero attached hydrogens (tertiary/aromatic N) is 2. The molecule has 24 heavy (non-hydrogen) atoms. The minimum atomic E-state index is -0.378. The van der Waals surface area contributed by atoms with Crippen molar-refractivity contribution in [3.8, 4) is 0 Å². The smallest absolute Gasteiger partial charge is 0.256 e. The van der Waals surface area contributed by atoms with Crippen molar-refractivity contribution in [2.75, 3.05) is 13.1 Å². The molecule has 5 heteroatoms. The second-order valence-corrected chi connectivity index (χ2v) is 7.32. The number of amides is 1. The first kappa shape index (κ1) is 17.0. The molecule has 2 unspecified atom stereocenters. The van der Waals surface area contributed by atoms with Gasteiger partial charge in [0.2, 0.25) is 0 Å². The lowest BCUT2D eigenvalue weighted by atomic mass is 10.0. The van der Waals surface area contributed by atoms with E-state index in [9.17, 15) is 9.90 Å². The normalized spacial score (nSPS) is 18.6. The molecule has 2 aromatic rings. The Morgan fingerprint density at radius 3 is 2.71 bits per heavy atom. The van der Waals surface area contributed by atoms with Crippen molar-refractivity contribution >= 4 is 17.7 Å². The molecular weight excluding hydrogens is 320 g/mol. The van der Waals surface area contributed by atoms with Crippen molar-refractivity contribution < 1.29 is 9.90 Å². The second kappa shape index (κ2) is 7.36. The van der Waals surface area contributed by atoms with Crippen LogP contribution in [-0.4, -0.2) is 40.1 Å². The number of likely N-dealkylation sites (tertiary alicyclic amines) is 1. The van der Waals surface area contributed by atoms with Crippen LogP contribution in [0.1, 0.15) is 29.4 Å². The first-order valence-corrected chi connectivity index (χ1v) is 9.04. The molecule has 2 heterocycles. The minimum Gasteiger partial charge on any atom is -0.393 e. The van der Waals surface area contributed by atoms with Crippen LogP contribution in [0.2, 0.25) is 0 Å². The van der Waals surface area contributed by atoms with Gasteiger partial charge in [-0.15, -0.1) is 0 Å². The van der Waals surface area contributed by atoms with Gasteiger partial charge in [-0.3, -0.25) is 4.79 Å². The molecule has 1 aliphatic heterocycles. The van der Waals surface area contributed by atoms with Gasteiger partial charge < -0.3 is 10.0 Å². The second-order valence-electron chi connectivity index (χ2n) is 6.26. The van der Waals surface area contributed by atoms with Gasteiger partial charge in [0.25, 0.3) is 5.91 Å². The Morgan fingerprint density at radius 1 is 1.29 bits per heavy atom. The molecule has 1 aromatic heterocycles. The number of carbonyl (C=O) groups excluding carboxylic acids is 1. The van der Waals surface area contributed by atoms with E-state index >= 15 is 0 Å². The highest BCUT2D eigenvalue weighted by atomic mass is 32.2. The molecule has 0 aliphatic carbocycles. The molecule has 126 valence electrons. The fourth-order valence-corrected chi connectivity index (χ4v) is 3.88. The number of rotatable bonds is 4. The lowest BCUT2D eigenvalue weighted by Crippen LogP contribution is -2.31. The Morgan fingerprint density at radius 2 is 2.04 bits per heavy atom. The molecule has 1 aromatic carbocycles. The van der Waals surface area contributed by atoms with Gasteiger partial charge in [-0.1, -0.05) is 30.0 Å². The lowest BCUT2D eigenvalue weighted by Gasteiger charge is -2.19. The Balaban J connectivity index is 1.84. The zero-order chi connectivity index (χ0) is 17.1. The van der Waals surface area contributed by atoms with E-state index in [0.717, 1.165) is 22.0 Å². The van der Waals surface area contributed by atoms with Gasteiger partial charge >= 0.3 is 0 Å². The number of hydrogen-bond acceptors (Lipinski definition) is 4. The Bertz CT molecular complexity index is 719. The zero-order valence-corrected chi connectivity index (χ0v) is 14.8. The molecule has 3 rings (SSSR count). The molecule has 2 atom stereocenters. The lowest BCUT2D eigenvalue weighted by molar-refractivity contribution is 0.0758. The van der Waals surface area contributed by atoms with Crippen molar-refractivity contribution in [3.63, 3.8) is 0 Å². The summed E-state index contributed by atoms with van der Waals surface area (Å²) in [5, 5.41) is 10.5. The van der Waals surface area contributed by atoms with Crippen LogP contribution in [0.5, 0.6) is 0 Å². The van der Waals surface area contributed by atoms with Crippen LogP contribution in [-0.2, 0) is 0 Å². The van der Waals surface area contributed by atoms with E-state index in [1.807, 2.05) is 54.3 Å². The summed E-state index contributed by atoms with van der Waals surface area (Å²) < 4.78 is 0. The highest BCUT2D eigenvalue weighted by Crippen LogP contribution is 2.31. The third-order valence-corrected chi connectivity index (χ3v) is 5.39. The summed E-state index contributed by atoms with van der Waals surface area (Å²) >= 11 is 1.51. The molecular formula is C19H22N2O2S. The van der Waals surface area contributed by atoms with Crippen LogP contribution in [0.3, 0.4) is 0 Å². The van der Waals surface area contributed by atoms with Crippen LogP contribution in [0.15, 0.2) is 52.4 Å². The largest absolute Gasteiger partial charge is 0.393 e. The van der Waals surface area contributed by atoms with Crippen molar-refractivity contribution in [3.05, 3.63) is 53.7 Å². The zero-order valence-electron chi connectivity index (χ0n) is 14.0. The summed E-state index contributed by atoms with van der Waals surface area (Å²) in [5.41, 5.74) is 1.54. The predicted molar refractivity (Wildman–Crippen MR) is 95.2 cm³/mol. The van der Waals surface area contributed by atoms with E-state index in [4.69, 9.17) is 0 Å². The van der Waals surface area contributed by atoms with Gasteiger partial charge in [-0.2, -0.15) is 0 Å². The molecule has 1 N–H and O–H groups in total. The average Bonchev–Trinajstić information content (AvgIpc) is 3.06. The molecule has 1 aliphatic rings. The number of hydrogen-bond donors (Lipinski definition) is 1. The number of aliphatic hydroxyl groups excluding tert-OH is 1. The van der Waals surface area contributed by atoms with Crippen LogP contribution < -0.4 is 0 Å². The summed E-state index contributed by atoms with van der Waals surface area (Å²) in [6.07, 6.45) is 0.473. The number of aryl methyl sites for hydroxylation is 1. The van der Waals surface area contributed by atoms with Crippen LogP contribution in [0.4, 0.5) is 0 Å². The number of benzene rings is 1. The quantitative estimate of drug-likeness (QED) is 0.925. The SMILES string of the molecule is Cc1ccc(C(=O)N2CCC(C(C)O)C2)c(Sc2ccccc2)n1. The Labute approximate surface area is 146 Å². The standard InChI is InChI=1S/C19H22N2O2S/c1-13-8-9-17(18(20-13)24-16-6-4-3-5-7-16)19(23)21-11-10-15(12-21)14(2)22/h3-9,14-15,22H,10-12H2,1-2H3. The van der Waals surface area contributed by atoms with Crippen molar-refractivity contribution in [1.29, 1.82) is 0 Å². The van der Waals surface area contributed by atoms with Crippen molar-refractivity contribution in [2.24, 2.45) is 5.92 Å². The number of aromatic nitrogens is 1. The minimum absolute atomic E-state index is 0.00378. The number of pyridine rings is 1. The fourth-order valence-electron chi connectivity index (χ4n) is 2.91. The van der Waals surface area contributed by atoms with E-state index in [-0.39, 0.29) is 17.9 Å². The molecule has 0 saturated carbocycles. The van der Waals surface area contributed by atoms with Gasteiger partial charge in [0.1, 0.15) is 5.03 Å². The average molecular weight is 342 g/mol. The van der Waals surface area contributed by atoms with Gasteiger partial charge in [0.15, 0.2) is 0 Å². The molecule has 1 amide bonds. The molecule has 1 saturated heterocycles. The highest BCUT2D eigenvalue weighted by molar-refractivity contribution is 7.99. The van der Waals surface area contributed by atoms with E-state index in [1.165, 1.54) is 11.8 Å². The van der Waals surface area contributed by atoms with E-state index in [2.05, 4.69) is 4.98 Å². The highest BCUT2D eigenvalue weighted by Gasteiger charge is 2.30. The van der Waals surface area contributed by atoms with Crippen LogP contribution in [0.25, 0.3) is 0 Å². The summed E-state index contributed by atoms with van der Waals surface area (Å²) in [5.74, 6) is 0.168. The topological polar surface area (TPSA) is 53.4 Å². The van der Waals surface area contributed by atoms with Crippen LogP contribution >= 0.6 is 11.8 Å². The maximum Gasteiger partial charge on any atom is 0.256 e. The summed E-state index contributed by atoms with van der Waals surface area (Å²) in [6.45, 7) is 5.03. The molecule has 1 fully saturated rings. The molecule has 0 radical (unpaired) electrons. The van der Waals surface area contributed by atoms with E-state index in [0.29, 0.717) is 18.7 Å². The predicted octanol–water partition coefficient (Wildman–Crippen LogP) is 3.38. The van der Waals surface area contributed by atoms with Crippen LogP contribution in [0, 0.1) is 12.8 Å². The first-order valence-electron chi connectivity index (χ1n) is 8.22. The van der Waals surface area contributed by atoms with Crippen molar-refractivity contribution in [1.82, 2.24) is 9.88 Å². The molecule has 4 nitrogen and oxygen atoms in total. The Hall–Kier alpha value is -1.85. The number of aliphatic hydroxyl groups is 1. The fraction of sp³-hybridized carbons (Fsp3) is 0.368. The van der Waals surface area contributed by atoms with E-state index in [1.54, 1.807) is 6.92 Å². The van der Waals surface area contributed by atoms with E-state index < -0.39 is 0 Å². The molecule has 0 bridgehead atoms. The number of carbonyl (C=O) groups is 1. The summed E-state index contributed by atoms with van der Waals surface area (Å²) in [6, 6.07) is 13.7. The Kier molecular flexibility index (Phi) is 5.21. The third-order valence-electron chi connectivity index (χ3n) is 4.38. The summed E-state index contributed by atoms with van der Waals surface area (Å²) in [4.78, 5) is 20.4. The molecule has 0 spiro atoms. The van der Waals surface area contributed by atoms with Gasteiger partial charge in [-0.25, -0.2) is 4.98 Å². The van der Waals surface area contributed by atoms with Gasteiger partial charge in [0, 0.05) is 29.6 Å². The van der Waals surface area contributed by atoms with Gasteiger partial charge in [0.05, 0.1) is 11.7 Å². The maximum absolute atomic E-state index is 12.9.